The van der Waals surface area contributed by atoms with Gasteiger partial charge in [-0.25, -0.2) is 0 Å². The lowest BCUT2D eigenvalue weighted by molar-refractivity contribution is -0.142. The molecule has 138 valence electrons. The molecule has 0 aromatic heterocycles. The Kier molecular flexibility index (Phi) is 16.0. The summed E-state index contributed by atoms with van der Waals surface area (Å²) >= 11 is 0. The first-order chi connectivity index (χ1) is 11.1. The Labute approximate surface area is 145 Å². The van der Waals surface area contributed by atoms with Gasteiger partial charge in [-0.3, -0.25) is 4.79 Å². The Morgan fingerprint density at radius 3 is 1.48 bits per heavy atom. The van der Waals surface area contributed by atoms with Crippen LogP contribution in [0.3, 0.4) is 0 Å². The molecule has 1 atom stereocenters. The summed E-state index contributed by atoms with van der Waals surface area (Å²) in [5, 5.41) is 9.35. The van der Waals surface area contributed by atoms with Crippen molar-refractivity contribution in [1.29, 1.82) is 0 Å². The summed E-state index contributed by atoms with van der Waals surface area (Å²) in [5.74, 6) is 0.144. The zero-order valence-corrected chi connectivity index (χ0v) is 16.1. The highest BCUT2D eigenvalue weighted by molar-refractivity contribution is 5.69. The second-order valence-corrected chi connectivity index (χ2v) is 7.68. The quantitative estimate of drug-likeness (QED) is 0.287. The highest BCUT2D eigenvalue weighted by Gasteiger charge is 2.16. The lowest BCUT2D eigenvalue weighted by Crippen LogP contribution is -2.13. The van der Waals surface area contributed by atoms with Gasteiger partial charge in [0.2, 0.25) is 0 Å². The number of carbonyl (C=O) groups is 1. The van der Waals surface area contributed by atoms with Gasteiger partial charge in [0.05, 0.1) is 5.92 Å². The molecule has 0 heterocycles. The maximum atomic E-state index is 11.3. The van der Waals surface area contributed by atoms with E-state index in [-0.39, 0.29) is 5.92 Å². The monoisotopic (exact) mass is 326 g/mol. The zero-order chi connectivity index (χ0) is 17.3. The summed E-state index contributed by atoms with van der Waals surface area (Å²) in [6.45, 7) is 6.80. The largest absolute Gasteiger partial charge is 0.481 e. The molecular formula is C21H42O2. The minimum atomic E-state index is -0.573. The molecule has 0 fully saturated rings. The van der Waals surface area contributed by atoms with E-state index >= 15 is 0 Å². The summed E-state index contributed by atoms with van der Waals surface area (Å²) in [6.07, 6.45) is 18.2. The number of unbranched alkanes of at least 4 members (excludes halogenated alkanes) is 10. The number of aliphatic carboxylic acids is 1. The van der Waals surface area contributed by atoms with Crippen LogP contribution >= 0.6 is 0 Å². The smallest absolute Gasteiger partial charge is 0.306 e. The zero-order valence-electron chi connectivity index (χ0n) is 16.1. The van der Waals surface area contributed by atoms with E-state index in [0.29, 0.717) is 0 Å². The van der Waals surface area contributed by atoms with Crippen molar-refractivity contribution in [2.45, 2.75) is 117 Å². The molecular weight excluding hydrogens is 284 g/mol. The summed E-state index contributed by atoms with van der Waals surface area (Å²) in [6, 6.07) is 0. The van der Waals surface area contributed by atoms with Crippen LogP contribution in [0.4, 0.5) is 0 Å². The molecule has 0 amide bonds. The van der Waals surface area contributed by atoms with Crippen LogP contribution in [0.15, 0.2) is 0 Å². The molecule has 0 aromatic carbocycles. The molecule has 0 aliphatic heterocycles. The predicted molar refractivity (Wildman–Crippen MR) is 101 cm³/mol. The van der Waals surface area contributed by atoms with Crippen molar-refractivity contribution < 1.29 is 9.90 Å². The van der Waals surface area contributed by atoms with Gasteiger partial charge >= 0.3 is 5.97 Å². The molecule has 0 radical (unpaired) electrons. The van der Waals surface area contributed by atoms with E-state index in [1.54, 1.807) is 0 Å². The van der Waals surface area contributed by atoms with Crippen molar-refractivity contribution in [1.82, 2.24) is 0 Å². The Morgan fingerprint density at radius 1 is 0.696 bits per heavy atom. The highest BCUT2D eigenvalue weighted by atomic mass is 16.4. The molecule has 1 unspecified atom stereocenters. The van der Waals surface area contributed by atoms with Crippen LogP contribution in [0.2, 0.25) is 0 Å². The second-order valence-electron chi connectivity index (χ2n) is 7.68. The van der Waals surface area contributed by atoms with Crippen LogP contribution in [0, 0.1) is 11.8 Å². The van der Waals surface area contributed by atoms with Crippen LogP contribution in [0.25, 0.3) is 0 Å². The molecule has 1 N–H and O–H groups in total. The normalized spacial score (nSPS) is 12.7. The van der Waals surface area contributed by atoms with Gasteiger partial charge in [0.25, 0.3) is 0 Å². The van der Waals surface area contributed by atoms with E-state index in [0.717, 1.165) is 31.6 Å². The van der Waals surface area contributed by atoms with Gasteiger partial charge in [0.15, 0.2) is 0 Å². The van der Waals surface area contributed by atoms with Crippen molar-refractivity contribution in [2.75, 3.05) is 0 Å². The van der Waals surface area contributed by atoms with E-state index in [1.165, 1.54) is 70.6 Å². The van der Waals surface area contributed by atoms with Gasteiger partial charge in [-0.2, -0.15) is 0 Å². The van der Waals surface area contributed by atoms with Crippen LogP contribution < -0.4 is 0 Å². The lowest BCUT2D eigenvalue weighted by Gasteiger charge is -2.12. The molecule has 0 aliphatic rings. The Bertz CT molecular complexity index is 261. The van der Waals surface area contributed by atoms with Crippen molar-refractivity contribution in [3.8, 4) is 0 Å². The van der Waals surface area contributed by atoms with E-state index in [2.05, 4.69) is 20.8 Å². The fraction of sp³-hybridized carbons (Fsp3) is 0.952. The van der Waals surface area contributed by atoms with Crippen LogP contribution in [0.1, 0.15) is 117 Å². The SMILES string of the molecule is CCCCCCCCCC(CCCCCCCC(C)C)C(=O)O. The molecule has 2 nitrogen and oxygen atoms in total. The van der Waals surface area contributed by atoms with Crippen molar-refractivity contribution in [2.24, 2.45) is 11.8 Å². The van der Waals surface area contributed by atoms with Gasteiger partial charge in [-0.05, 0) is 18.8 Å². The molecule has 0 rings (SSSR count). The minimum absolute atomic E-state index is 0.0960. The average Bonchev–Trinajstić information content (AvgIpc) is 2.50. The lowest BCUT2D eigenvalue weighted by atomic mass is 9.94. The highest BCUT2D eigenvalue weighted by Crippen LogP contribution is 2.20. The third-order valence-corrected chi connectivity index (χ3v) is 4.84. The van der Waals surface area contributed by atoms with E-state index in [1.807, 2.05) is 0 Å². The molecule has 0 bridgehead atoms. The topological polar surface area (TPSA) is 37.3 Å². The fourth-order valence-electron chi connectivity index (χ4n) is 3.21. The summed E-state index contributed by atoms with van der Waals surface area (Å²) < 4.78 is 0. The minimum Gasteiger partial charge on any atom is -0.481 e. The number of carboxylic acid groups (broad SMARTS) is 1. The van der Waals surface area contributed by atoms with E-state index in [9.17, 15) is 9.90 Å². The van der Waals surface area contributed by atoms with Gasteiger partial charge in [-0.1, -0.05) is 104 Å². The molecule has 0 saturated carbocycles. The maximum Gasteiger partial charge on any atom is 0.306 e. The van der Waals surface area contributed by atoms with Crippen molar-refractivity contribution in [3.63, 3.8) is 0 Å². The van der Waals surface area contributed by atoms with Crippen LogP contribution in [0.5, 0.6) is 0 Å². The summed E-state index contributed by atoms with van der Waals surface area (Å²) in [5.41, 5.74) is 0. The molecule has 2 heteroatoms. The Hall–Kier alpha value is -0.530. The maximum absolute atomic E-state index is 11.3. The number of rotatable bonds is 17. The number of hydrogen-bond acceptors (Lipinski definition) is 1. The van der Waals surface area contributed by atoms with E-state index in [4.69, 9.17) is 0 Å². The molecule has 0 aliphatic carbocycles. The third-order valence-electron chi connectivity index (χ3n) is 4.84. The van der Waals surface area contributed by atoms with Crippen molar-refractivity contribution in [3.05, 3.63) is 0 Å². The summed E-state index contributed by atoms with van der Waals surface area (Å²) in [4.78, 5) is 11.3. The predicted octanol–water partition coefficient (Wildman–Crippen LogP) is 7.21. The van der Waals surface area contributed by atoms with Crippen LogP contribution in [-0.4, -0.2) is 11.1 Å². The van der Waals surface area contributed by atoms with Crippen molar-refractivity contribution >= 4 is 5.97 Å². The third kappa shape index (κ3) is 16.1. The van der Waals surface area contributed by atoms with Gasteiger partial charge in [-0.15, -0.1) is 0 Å². The first kappa shape index (κ1) is 22.5. The standard InChI is InChI=1S/C21H42O2/c1-4-5-6-7-8-11-14-17-20(21(22)23)18-15-12-9-10-13-16-19(2)3/h19-20H,4-18H2,1-3H3,(H,22,23). The van der Waals surface area contributed by atoms with E-state index < -0.39 is 5.97 Å². The average molecular weight is 327 g/mol. The second kappa shape index (κ2) is 16.3. The Morgan fingerprint density at radius 2 is 1.09 bits per heavy atom. The van der Waals surface area contributed by atoms with Crippen LogP contribution in [-0.2, 0) is 4.79 Å². The number of hydrogen-bond donors (Lipinski definition) is 1. The molecule has 23 heavy (non-hydrogen) atoms. The first-order valence-electron chi connectivity index (χ1n) is 10.3. The molecule has 0 saturated heterocycles. The Balaban J connectivity index is 3.53. The fourth-order valence-corrected chi connectivity index (χ4v) is 3.21. The summed E-state index contributed by atoms with van der Waals surface area (Å²) in [7, 11) is 0. The van der Waals surface area contributed by atoms with Gasteiger partial charge in [0, 0.05) is 0 Å². The molecule has 0 aromatic rings. The first-order valence-corrected chi connectivity index (χ1v) is 10.3. The number of carboxylic acids is 1. The van der Waals surface area contributed by atoms with Gasteiger partial charge < -0.3 is 5.11 Å². The van der Waals surface area contributed by atoms with Gasteiger partial charge in [0.1, 0.15) is 0 Å². The molecule has 0 spiro atoms.